The fraction of sp³-hybridized carbons (Fsp3) is 0.400. The van der Waals surface area contributed by atoms with Crippen LogP contribution in [0.25, 0.3) is 0 Å². The van der Waals surface area contributed by atoms with Gasteiger partial charge >= 0.3 is 0 Å². The highest BCUT2D eigenvalue weighted by atomic mass is 16.4. The monoisotopic (exact) mass is 285 g/mol. The summed E-state index contributed by atoms with van der Waals surface area (Å²) in [5.74, 6) is 2.13. The van der Waals surface area contributed by atoms with Gasteiger partial charge in [0.25, 0.3) is 0 Å². The highest BCUT2D eigenvalue weighted by molar-refractivity contribution is 5.77. The molecule has 0 atom stereocenters. The van der Waals surface area contributed by atoms with Gasteiger partial charge in [-0.15, -0.1) is 0 Å². The molecule has 1 N–H and O–H groups in total. The van der Waals surface area contributed by atoms with Gasteiger partial charge in [-0.1, -0.05) is 0 Å². The summed E-state index contributed by atoms with van der Waals surface area (Å²) in [6.45, 7) is 5.99. The van der Waals surface area contributed by atoms with Crippen molar-refractivity contribution in [3.8, 4) is 0 Å². The SMILES string of the molecule is Cc1cc(C)nc(N/N=C/c2ccc(N3CCCC3)o2)n1. The topological polar surface area (TPSA) is 66.6 Å². The normalized spacial score (nSPS) is 15.0. The maximum atomic E-state index is 5.75. The van der Waals surface area contributed by atoms with Crippen LogP contribution in [0.15, 0.2) is 27.7 Å². The first kappa shape index (κ1) is 13.6. The molecule has 0 spiro atoms. The minimum absolute atomic E-state index is 0.495. The van der Waals surface area contributed by atoms with E-state index >= 15 is 0 Å². The molecule has 0 bridgehead atoms. The molecule has 0 aliphatic carbocycles. The van der Waals surface area contributed by atoms with E-state index in [1.54, 1.807) is 6.21 Å². The van der Waals surface area contributed by atoms with Crippen LogP contribution in [-0.2, 0) is 0 Å². The third-order valence-electron chi connectivity index (χ3n) is 3.37. The molecule has 0 amide bonds. The zero-order chi connectivity index (χ0) is 14.7. The van der Waals surface area contributed by atoms with Crippen molar-refractivity contribution in [1.82, 2.24) is 9.97 Å². The standard InChI is InChI=1S/C15H19N5O/c1-11-9-12(2)18-15(17-11)19-16-10-13-5-6-14(21-13)20-7-3-4-8-20/h5-6,9-10H,3-4,7-8H2,1-2H3,(H,17,18,19)/b16-10+. The molecule has 2 aromatic rings. The van der Waals surface area contributed by atoms with Crippen LogP contribution in [-0.4, -0.2) is 29.3 Å². The predicted molar refractivity (Wildman–Crippen MR) is 82.9 cm³/mol. The van der Waals surface area contributed by atoms with Crippen LogP contribution < -0.4 is 10.3 Å². The van der Waals surface area contributed by atoms with Crippen LogP contribution in [0.5, 0.6) is 0 Å². The van der Waals surface area contributed by atoms with Crippen molar-refractivity contribution in [3.63, 3.8) is 0 Å². The molecule has 110 valence electrons. The number of hydrazone groups is 1. The van der Waals surface area contributed by atoms with Crippen molar-refractivity contribution in [3.05, 3.63) is 35.3 Å². The van der Waals surface area contributed by atoms with E-state index in [1.807, 2.05) is 32.0 Å². The van der Waals surface area contributed by atoms with Gasteiger partial charge in [0, 0.05) is 30.5 Å². The van der Waals surface area contributed by atoms with E-state index in [0.717, 1.165) is 30.4 Å². The molecule has 1 fully saturated rings. The zero-order valence-electron chi connectivity index (χ0n) is 12.3. The third-order valence-corrected chi connectivity index (χ3v) is 3.37. The number of anilines is 2. The van der Waals surface area contributed by atoms with Gasteiger partial charge in [-0.05, 0) is 38.8 Å². The van der Waals surface area contributed by atoms with Crippen molar-refractivity contribution in [2.45, 2.75) is 26.7 Å². The summed E-state index contributed by atoms with van der Waals surface area (Å²) < 4.78 is 5.75. The fourth-order valence-corrected chi connectivity index (χ4v) is 2.45. The summed E-state index contributed by atoms with van der Waals surface area (Å²) >= 11 is 0. The first-order chi connectivity index (χ1) is 10.2. The van der Waals surface area contributed by atoms with Crippen LogP contribution in [0.3, 0.4) is 0 Å². The van der Waals surface area contributed by atoms with Crippen molar-refractivity contribution >= 4 is 18.0 Å². The summed E-state index contributed by atoms with van der Waals surface area (Å²) in [7, 11) is 0. The molecule has 1 aliphatic rings. The van der Waals surface area contributed by atoms with Gasteiger partial charge < -0.3 is 9.32 Å². The van der Waals surface area contributed by atoms with Crippen LogP contribution in [0.2, 0.25) is 0 Å². The molecule has 21 heavy (non-hydrogen) atoms. The summed E-state index contributed by atoms with van der Waals surface area (Å²) in [5.41, 5.74) is 4.65. The Labute approximate surface area is 123 Å². The van der Waals surface area contributed by atoms with Gasteiger partial charge in [-0.2, -0.15) is 5.10 Å². The van der Waals surface area contributed by atoms with Gasteiger partial charge in [0.05, 0.1) is 6.21 Å². The van der Waals surface area contributed by atoms with E-state index in [2.05, 4.69) is 25.4 Å². The lowest BCUT2D eigenvalue weighted by molar-refractivity contribution is 0.550. The lowest BCUT2D eigenvalue weighted by Gasteiger charge is -2.12. The molecule has 2 aromatic heterocycles. The molecular weight excluding hydrogens is 266 g/mol. The summed E-state index contributed by atoms with van der Waals surface area (Å²) in [6.07, 6.45) is 4.10. The fourth-order valence-electron chi connectivity index (χ4n) is 2.45. The zero-order valence-corrected chi connectivity index (χ0v) is 12.3. The van der Waals surface area contributed by atoms with E-state index < -0.39 is 0 Å². The van der Waals surface area contributed by atoms with Crippen molar-refractivity contribution in [2.24, 2.45) is 5.10 Å². The number of rotatable bonds is 4. The third kappa shape index (κ3) is 3.39. The van der Waals surface area contributed by atoms with E-state index in [9.17, 15) is 0 Å². The quantitative estimate of drug-likeness (QED) is 0.691. The summed E-state index contributed by atoms with van der Waals surface area (Å²) in [5, 5.41) is 4.12. The van der Waals surface area contributed by atoms with Crippen LogP contribution in [0.1, 0.15) is 30.0 Å². The Morgan fingerprint density at radius 2 is 1.90 bits per heavy atom. The van der Waals surface area contributed by atoms with Gasteiger partial charge in [0.15, 0.2) is 5.88 Å². The molecule has 6 heteroatoms. The second-order valence-electron chi connectivity index (χ2n) is 5.21. The number of aryl methyl sites for hydroxylation is 2. The minimum Gasteiger partial charge on any atom is -0.440 e. The van der Waals surface area contributed by atoms with Gasteiger partial charge in [-0.25, -0.2) is 15.4 Å². The summed E-state index contributed by atoms with van der Waals surface area (Å²) in [6, 6.07) is 5.82. The average Bonchev–Trinajstić information content (AvgIpc) is 3.08. The minimum atomic E-state index is 0.495. The molecule has 0 aromatic carbocycles. The highest BCUT2D eigenvalue weighted by Gasteiger charge is 2.14. The van der Waals surface area contributed by atoms with E-state index in [4.69, 9.17) is 4.42 Å². The van der Waals surface area contributed by atoms with Crippen LogP contribution in [0, 0.1) is 13.8 Å². The van der Waals surface area contributed by atoms with Gasteiger partial charge in [0.1, 0.15) is 5.76 Å². The molecule has 6 nitrogen and oxygen atoms in total. The molecule has 1 aliphatic heterocycles. The molecule has 0 radical (unpaired) electrons. The van der Waals surface area contributed by atoms with E-state index in [1.165, 1.54) is 12.8 Å². The van der Waals surface area contributed by atoms with Crippen molar-refractivity contribution in [1.29, 1.82) is 0 Å². The lowest BCUT2D eigenvalue weighted by atomic mass is 10.4. The lowest BCUT2D eigenvalue weighted by Crippen LogP contribution is -2.16. The molecule has 3 heterocycles. The number of hydrogen-bond donors (Lipinski definition) is 1. The van der Waals surface area contributed by atoms with Crippen molar-refractivity contribution < 1.29 is 4.42 Å². The smallest absolute Gasteiger partial charge is 0.243 e. The maximum absolute atomic E-state index is 5.75. The Morgan fingerprint density at radius 1 is 1.19 bits per heavy atom. The first-order valence-corrected chi connectivity index (χ1v) is 7.17. The molecule has 0 unspecified atom stereocenters. The van der Waals surface area contributed by atoms with Crippen LogP contribution >= 0.6 is 0 Å². The molecule has 0 saturated carbocycles. The predicted octanol–water partition coefficient (Wildman–Crippen LogP) is 2.73. The van der Waals surface area contributed by atoms with E-state index in [0.29, 0.717) is 11.7 Å². The summed E-state index contributed by atoms with van der Waals surface area (Å²) in [4.78, 5) is 10.8. The Morgan fingerprint density at radius 3 is 2.62 bits per heavy atom. The number of nitrogens with one attached hydrogen (secondary N) is 1. The number of aromatic nitrogens is 2. The maximum Gasteiger partial charge on any atom is 0.243 e. The Hall–Kier alpha value is -2.37. The van der Waals surface area contributed by atoms with Gasteiger partial charge in [0.2, 0.25) is 5.95 Å². The molecule has 3 rings (SSSR count). The molecular formula is C15H19N5O. The number of furan rings is 1. The Balaban J connectivity index is 1.63. The van der Waals surface area contributed by atoms with E-state index in [-0.39, 0.29) is 0 Å². The molecule has 1 saturated heterocycles. The first-order valence-electron chi connectivity index (χ1n) is 7.17. The number of hydrogen-bond acceptors (Lipinski definition) is 6. The van der Waals surface area contributed by atoms with Crippen molar-refractivity contribution in [2.75, 3.05) is 23.4 Å². The Bertz CT molecular complexity index is 623. The average molecular weight is 285 g/mol. The highest BCUT2D eigenvalue weighted by Crippen LogP contribution is 2.21. The van der Waals surface area contributed by atoms with Crippen LogP contribution in [0.4, 0.5) is 11.8 Å². The Kier molecular flexibility index (Phi) is 3.85. The number of nitrogens with zero attached hydrogens (tertiary/aromatic N) is 4. The largest absolute Gasteiger partial charge is 0.440 e. The second kappa shape index (κ2) is 5.95. The second-order valence-corrected chi connectivity index (χ2v) is 5.21. The van der Waals surface area contributed by atoms with Gasteiger partial charge in [-0.3, -0.25) is 0 Å².